The van der Waals surface area contributed by atoms with Gasteiger partial charge >= 0.3 is 5.97 Å². The average Bonchev–Trinajstić information content (AvgIpc) is 2.70. The van der Waals surface area contributed by atoms with Crippen molar-refractivity contribution in [3.05, 3.63) is 12.0 Å². The highest BCUT2D eigenvalue weighted by Gasteiger charge is 2.38. The molecule has 1 N–H and O–H groups in total. The van der Waals surface area contributed by atoms with Crippen LogP contribution in [0.2, 0.25) is 0 Å². The van der Waals surface area contributed by atoms with Crippen LogP contribution >= 0.6 is 0 Å². The topological polar surface area (TPSA) is 92.5 Å². The summed E-state index contributed by atoms with van der Waals surface area (Å²) >= 11 is 0. The maximum absolute atomic E-state index is 12.5. The molecular weight excluding hydrogens is 270 g/mol. The standard InChI is InChI=1S/C11H17N3O4S/c1-8-12-10(7-13(8)2)19(17,18)14-6-4-3-5-9(14)11(15)16/h7,9H,3-6H2,1-2H3,(H,15,16)/t9-/m1/s1. The highest BCUT2D eigenvalue weighted by Crippen LogP contribution is 2.25. The van der Waals surface area contributed by atoms with Gasteiger partial charge in [0.15, 0.2) is 5.03 Å². The molecule has 1 atom stereocenters. The number of carboxylic acids is 1. The third-order valence-corrected chi connectivity index (χ3v) is 5.18. The Balaban J connectivity index is 2.39. The third-order valence-electron chi connectivity index (χ3n) is 3.40. The number of carboxylic acid groups (broad SMARTS) is 1. The molecule has 0 radical (unpaired) electrons. The Morgan fingerprint density at radius 3 is 2.68 bits per heavy atom. The summed E-state index contributed by atoms with van der Waals surface area (Å²) in [5.74, 6) is -0.529. The zero-order chi connectivity index (χ0) is 14.2. The van der Waals surface area contributed by atoms with Crippen molar-refractivity contribution in [2.45, 2.75) is 37.3 Å². The Morgan fingerprint density at radius 2 is 2.16 bits per heavy atom. The maximum Gasteiger partial charge on any atom is 0.322 e. The van der Waals surface area contributed by atoms with Crippen LogP contribution in [0.3, 0.4) is 0 Å². The summed E-state index contributed by atoms with van der Waals surface area (Å²) in [5.41, 5.74) is 0. The molecule has 0 aromatic carbocycles. The van der Waals surface area contributed by atoms with Gasteiger partial charge in [-0.15, -0.1) is 0 Å². The van der Waals surface area contributed by atoms with E-state index in [0.29, 0.717) is 18.7 Å². The number of aromatic nitrogens is 2. The van der Waals surface area contributed by atoms with Crippen LogP contribution in [-0.4, -0.2) is 45.9 Å². The van der Waals surface area contributed by atoms with E-state index in [0.717, 1.165) is 10.7 Å². The van der Waals surface area contributed by atoms with Crippen molar-refractivity contribution in [2.75, 3.05) is 6.54 Å². The number of hydrogen-bond donors (Lipinski definition) is 1. The SMILES string of the molecule is Cc1nc(S(=O)(=O)N2CCCC[C@@H]2C(=O)O)cn1C. The lowest BCUT2D eigenvalue weighted by Gasteiger charge is -2.31. The summed E-state index contributed by atoms with van der Waals surface area (Å²) in [6.07, 6.45) is 3.16. The van der Waals surface area contributed by atoms with E-state index in [-0.39, 0.29) is 11.6 Å². The van der Waals surface area contributed by atoms with Gasteiger partial charge in [-0.2, -0.15) is 4.31 Å². The summed E-state index contributed by atoms with van der Waals surface area (Å²) in [6.45, 7) is 1.93. The maximum atomic E-state index is 12.5. The molecular formula is C11H17N3O4S. The Hall–Kier alpha value is -1.41. The first-order valence-electron chi connectivity index (χ1n) is 6.08. The number of sulfonamides is 1. The first-order valence-corrected chi connectivity index (χ1v) is 7.52. The number of nitrogens with zero attached hydrogens (tertiary/aromatic N) is 3. The van der Waals surface area contributed by atoms with E-state index in [1.54, 1.807) is 18.5 Å². The fourth-order valence-corrected chi connectivity index (χ4v) is 3.89. The number of hydrogen-bond acceptors (Lipinski definition) is 4. The van der Waals surface area contributed by atoms with E-state index in [1.807, 2.05) is 0 Å². The normalized spacial score (nSPS) is 21.5. The van der Waals surface area contributed by atoms with Crippen LogP contribution in [0, 0.1) is 6.92 Å². The second-order valence-electron chi connectivity index (χ2n) is 4.70. The van der Waals surface area contributed by atoms with Crippen molar-refractivity contribution < 1.29 is 18.3 Å². The quantitative estimate of drug-likeness (QED) is 0.866. The fourth-order valence-electron chi connectivity index (χ4n) is 2.21. The monoisotopic (exact) mass is 287 g/mol. The minimum absolute atomic E-state index is 0.0827. The van der Waals surface area contributed by atoms with Gasteiger partial charge in [0, 0.05) is 19.8 Å². The Kier molecular flexibility index (Phi) is 3.64. The molecule has 19 heavy (non-hydrogen) atoms. The van der Waals surface area contributed by atoms with Gasteiger partial charge in [0.25, 0.3) is 10.0 Å². The second-order valence-corrected chi connectivity index (χ2v) is 6.54. The Morgan fingerprint density at radius 1 is 1.47 bits per heavy atom. The van der Waals surface area contributed by atoms with Crippen molar-refractivity contribution in [1.29, 1.82) is 0 Å². The van der Waals surface area contributed by atoms with Gasteiger partial charge in [-0.25, -0.2) is 13.4 Å². The molecule has 2 heterocycles. The number of aryl methyl sites for hydroxylation is 2. The summed E-state index contributed by atoms with van der Waals surface area (Å²) < 4.78 is 27.6. The van der Waals surface area contributed by atoms with Gasteiger partial charge in [-0.1, -0.05) is 0 Å². The fraction of sp³-hybridized carbons (Fsp3) is 0.636. The molecule has 0 saturated carbocycles. The predicted octanol–water partition coefficient (Wildman–Crippen LogP) is 0.356. The average molecular weight is 287 g/mol. The lowest BCUT2D eigenvalue weighted by Crippen LogP contribution is -2.47. The van der Waals surface area contributed by atoms with E-state index in [4.69, 9.17) is 5.11 Å². The lowest BCUT2D eigenvalue weighted by molar-refractivity contribution is -0.142. The third kappa shape index (κ3) is 2.50. The number of piperidine rings is 1. The Labute approximate surface area is 111 Å². The first kappa shape index (κ1) is 14.0. The van der Waals surface area contributed by atoms with Gasteiger partial charge in [0.1, 0.15) is 11.9 Å². The van der Waals surface area contributed by atoms with Crippen molar-refractivity contribution >= 4 is 16.0 Å². The molecule has 0 spiro atoms. The number of rotatable bonds is 3. The molecule has 0 aliphatic carbocycles. The zero-order valence-electron chi connectivity index (χ0n) is 10.9. The van der Waals surface area contributed by atoms with Crippen LogP contribution < -0.4 is 0 Å². The summed E-state index contributed by atoms with van der Waals surface area (Å²) in [5, 5.41) is 9.06. The van der Waals surface area contributed by atoms with E-state index in [1.165, 1.54) is 6.20 Å². The smallest absolute Gasteiger partial charge is 0.322 e. The van der Waals surface area contributed by atoms with E-state index in [9.17, 15) is 13.2 Å². The summed E-state index contributed by atoms with van der Waals surface area (Å²) in [6, 6.07) is -0.985. The molecule has 7 nitrogen and oxygen atoms in total. The van der Waals surface area contributed by atoms with Crippen molar-refractivity contribution in [3.8, 4) is 0 Å². The van der Waals surface area contributed by atoms with Gasteiger partial charge in [0.2, 0.25) is 0 Å². The first-order chi connectivity index (χ1) is 8.84. The van der Waals surface area contributed by atoms with Crippen LogP contribution in [0.25, 0.3) is 0 Å². The molecule has 1 fully saturated rings. The van der Waals surface area contributed by atoms with Gasteiger partial charge in [-0.3, -0.25) is 4.79 Å². The largest absolute Gasteiger partial charge is 0.480 e. The van der Waals surface area contributed by atoms with E-state index < -0.39 is 22.0 Å². The number of carbonyl (C=O) groups is 1. The van der Waals surface area contributed by atoms with E-state index >= 15 is 0 Å². The molecule has 8 heteroatoms. The van der Waals surface area contributed by atoms with Crippen LogP contribution in [-0.2, 0) is 21.9 Å². The summed E-state index contributed by atoms with van der Waals surface area (Å²) in [4.78, 5) is 15.2. The molecule has 0 amide bonds. The molecule has 106 valence electrons. The van der Waals surface area contributed by atoms with Crippen LogP contribution in [0.1, 0.15) is 25.1 Å². The molecule has 1 aromatic heterocycles. The molecule has 1 saturated heterocycles. The molecule has 0 bridgehead atoms. The zero-order valence-corrected chi connectivity index (χ0v) is 11.7. The van der Waals surface area contributed by atoms with Crippen LogP contribution in [0.15, 0.2) is 11.2 Å². The molecule has 1 aromatic rings. The summed E-state index contributed by atoms with van der Waals surface area (Å²) in [7, 11) is -2.14. The van der Waals surface area contributed by atoms with Crippen LogP contribution in [0.4, 0.5) is 0 Å². The minimum Gasteiger partial charge on any atom is -0.480 e. The number of imidazole rings is 1. The van der Waals surface area contributed by atoms with Crippen molar-refractivity contribution in [1.82, 2.24) is 13.9 Å². The molecule has 1 aliphatic heterocycles. The second kappa shape index (κ2) is 4.93. The molecule has 0 unspecified atom stereocenters. The van der Waals surface area contributed by atoms with Gasteiger partial charge in [0.05, 0.1) is 0 Å². The molecule has 1 aliphatic rings. The lowest BCUT2D eigenvalue weighted by atomic mass is 10.1. The molecule has 2 rings (SSSR count). The van der Waals surface area contributed by atoms with Crippen molar-refractivity contribution in [3.63, 3.8) is 0 Å². The van der Waals surface area contributed by atoms with Crippen LogP contribution in [0.5, 0.6) is 0 Å². The highest BCUT2D eigenvalue weighted by atomic mass is 32.2. The highest BCUT2D eigenvalue weighted by molar-refractivity contribution is 7.89. The van der Waals surface area contributed by atoms with Crippen molar-refractivity contribution in [2.24, 2.45) is 7.05 Å². The van der Waals surface area contributed by atoms with Gasteiger partial charge < -0.3 is 9.67 Å². The minimum atomic E-state index is -3.84. The Bertz CT molecular complexity index is 574. The number of aliphatic carboxylic acids is 1. The van der Waals surface area contributed by atoms with Gasteiger partial charge in [-0.05, 0) is 26.2 Å². The van der Waals surface area contributed by atoms with E-state index in [2.05, 4.69) is 4.98 Å². The predicted molar refractivity (Wildman–Crippen MR) is 67.1 cm³/mol.